The van der Waals surface area contributed by atoms with Gasteiger partial charge in [-0.05, 0) is 93.0 Å². The Morgan fingerprint density at radius 2 is 1.27 bits per heavy atom. The Hall–Kier alpha value is -5.93. The number of fused-ring (bicyclic) bond motifs is 10. The predicted molar refractivity (Wildman–Crippen MR) is 228 cm³/mol. The van der Waals surface area contributed by atoms with E-state index < -0.39 is 0 Å². The molecule has 3 nitrogen and oxygen atoms in total. The lowest BCUT2D eigenvalue weighted by molar-refractivity contribution is 0.347. The number of hydrogen-bond donors (Lipinski definition) is 0. The van der Waals surface area contributed by atoms with Crippen LogP contribution in [0.3, 0.4) is 0 Å². The topological polar surface area (TPSA) is 38.7 Å². The lowest BCUT2D eigenvalue weighted by Crippen LogP contribution is -2.33. The van der Waals surface area contributed by atoms with Gasteiger partial charge in [-0.1, -0.05) is 166 Å². The fourth-order valence-corrected chi connectivity index (χ4v) is 11.7. The Bertz CT molecular complexity index is 2690. The van der Waals surface area contributed by atoms with Crippen LogP contribution in [0.4, 0.5) is 0 Å². The molecule has 4 bridgehead atoms. The summed E-state index contributed by atoms with van der Waals surface area (Å²) in [4.78, 5) is 15.5. The average molecular weight is 722 g/mol. The number of aromatic nitrogens is 3. The van der Waals surface area contributed by atoms with Gasteiger partial charge in [0.2, 0.25) is 0 Å². The molecule has 0 N–H and O–H groups in total. The minimum atomic E-state index is -0.298. The van der Waals surface area contributed by atoms with Crippen molar-refractivity contribution in [1.29, 1.82) is 0 Å². The molecule has 6 aliphatic rings. The molecule has 6 aromatic rings. The Morgan fingerprint density at radius 3 is 2.02 bits per heavy atom. The lowest BCUT2D eigenvalue weighted by atomic mass is 9.62. The SMILES string of the molecule is CC12c3cc(-c4nc(-c5ccccc5)nc(-c5ccccc5)n4)ccc3C3=CCCC(=C3)c3cccc4c3C3=CC1C(C=C3C41CCCCC1)c1ccccc12. The average Bonchev–Trinajstić information content (AvgIpc) is 3.68. The van der Waals surface area contributed by atoms with E-state index in [0.29, 0.717) is 23.4 Å². The molecule has 3 heteroatoms. The van der Waals surface area contributed by atoms with Crippen molar-refractivity contribution in [2.45, 2.75) is 68.6 Å². The Labute approximate surface area is 329 Å². The quantitative estimate of drug-likeness (QED) is 0.183. The van der Waals surface area contributed by atoms with E-state index in [1.165, 1.54) is 82.2 Å². The van der Waals surface area contributed by atoms with Gasteiger partial charge in [0.1, 0.15) is 0 Å². The summed E-state index contributed by atoms with van der Waals surface area (Å²) in [5.74, 6) is 2.64. The molecule has 6 aliphatic carbocycles. The van der Waals surface area contributed by atoms with Gasteiger partial charge >= 0.3 is 0 Å². The van der Waals surface area contributed by atoms with Crippen molar-refractivity contribution in [3.05, 3.63) is 190 Å². The van der Waals surface area contributed by atoms with Gasteiger partial charge in [0.15, 0.2) is 17.5 Å². The summed E-state index contributed by atoms with van der Waals surface area (Å²) in [6, 6.07) is 44.4. The number of rotatable bonds is 3. The van der Waals surface area contributed by atoms with Crippen LogP contribution in [0, 0.1) is 5.92 Å². The molecule has 1 spiro atoms. The monoisotopic (exact) mass is 721 g/mol. The number of allylic oxidation sites excluding steroid dienone is 8. The van der Waals surface area contributed by atoms with Crippen molar-refractivity contribution in [1.82, 2.24) is 15.0 Å². The van der Waals surface area contributed by atoms with Crippen LogP contribution in [0.1, 0.15) is 96.7 Å². The van der Waals surface area contributed by atoms with Crippen molar-refractivity contribution in [3.8, 4) is 34.2 Å². The minimum Gasteiger partial charge on any atom is -0.208 e. The molecule has 1 heterocycles. The standard InChI is InChI=1S/C53H43N3/c1-52-43-23-10-9-21-40(43)41-31-47-42(32-46(41)52)48-39(22-14-24-44(48)53(47)27-11-4-12-28-53)36-20-13-19-35(29-36)38-26-25-37(30-45(38)52)51-55-49(33-15-5-2-6-16-33)54-50(56-51)34-17-7-3-8-18-34/h2-3,5-10,14-19,21-26,29-32,41,46H,4,11-13,20,27-28H2,1H3. The second-order valence-electron chi connectivity index (χ2n) is 17.0. The van der Waals surface area contributed by atoms with Crippen molar-refractivity contribution >= 4 is 16.7 Å². The first-order valence-corrected chi connectivity index (χ1v) is 20.7. The smallest absolute Gasteiger partial charge is 0.164 e. The van der Waals surface area contributed by atoms with Crippen molar-refractivity contribution < 1.29 is 0 Å². The van der Waals surface area contributed by atoms with Crippen LogP contribution < -0.4 is 0 Å². The van der Waals surface area contributed by atoms with Gasteiger partial charge in [-0.3, -0.25) is 0 Å². The molecule has 12 rings (SSSR count). The summed E-state index contributed by atoms with van der Waals surface area (Å²) >= 11 is 0. The molecular weight excluding hydrogens is 679 g/mol. The second kappa shape index (κ2) is 12.0. The molecule has 1 aromatic heterocycles. The number of benzene rings is 5. The maximum Gasteiger partial charge on any atom is 0.164 e. The van der Waals surface area contributed by atoms with Crippen molar-refractivity contribution in [3.63, 3.8) is 0 Å². The molecule has 56 heavy (non-hydrogen) atoms. The van der Waals surface area contributed by atoms with Gasteiger partial charge in [-0.15, -0.1) is 0 Å². The highest BCUT2D eigenvalue weighted by molar-refractivity contribution is 5.99. The number of hydrogen-bond acceptors (Lipinski definition) is 3. The fourth-order valence-electron chi connectivity index (χ4n) is 11.7. The van der Waals surface area contributed by atoms with Crippen LogP contribution in [-0.2, 0) is 10.8 Å². The number of nitrogens with zero attached hydrogens (tertiary/aromatic N) is 3. The Morgan fingerprint density at radius 1 is 0.589 bits per heavy atom. The van der Waals surface area contributed by atoms with Gasteiger partial charge in [0, 0.05) is 39.4 Å². The van der Waals surface area contributed by atoms with Crippen LogP contribution in [0.25, 0.3) is 50.9 Å². The van der Waals surface area contributed by atoms with Crippen LogP contribution in [0.2, 0.25) is 0 Å². The molecular formula is C53H43N3. The summed E-state index contributed by atoms with van der Waals surface area (Å²) in [5.41, 5.74) is 18.9. The molecule has 270 valence electrons. The van der Waals surface area contributed by atoms with Crippen LogP contribution >= 0.6 is 0 Å². The second-order valence-corrected chi connectivity index (χ2v) is 17.0. The minimum absolute atomic E-state index is 0.114. The normalized spacial score (nSPS) is 23.2. The molecule has 3 unspecified atom stereocenters. The zero-order chi connectivity index (χ0) is 37.0. The third kappa shape index (κ3) is 4.49. The molecule has 0 amide bonds. The summed E-state index contributed by atoms with van der Waals surface area (Å²) in [7, 11) is 0. The zero-order valence-electron chi connectivity index (χ0n) is 31.8. The molecule has 1 saturated carbocycles. The first-order valence-electron chi connectivity index (χ1n) is 20.7. The fraction of sp³-hybridized carbons (Fsp3) is 0.226. The van der Waals surface area contributed by atoms with E-state index in [0.717, 1.165) is 29.5 Å². The Kier molecular flexibility index (Phi) is 6.95. The highest BCUT2D eigenvalue weighted by Crippen LogP contribution is 2.66. The molecule has 0 radical (unpaired) electrons. The van der Waals surface area contributed by atoms with E-state index >= 15 is 0 Å². The summed E-state index contributed by atoms with van der Waals surface area (Å²) < 4.78 is 0. The van der Waals surface area contributed by atoms with E-state index in [4.69, 9.17) is 15.0 Å². The third-order valence-electron chi connectivity index (χ3n) is 14.3. The predicted octanol–water partition coefficient (Wildman–Crippen LogP) is 12.7. The van der Waals surface area contributed by atoms with E-state index in [1.54, 1.807) is 11.1 Å². The summed E-state index contributed by atoms with van der Waals surface area (Å²) in [5, 5.41) is 0. The highest BCUT2D eigenvalue weighted by Gasteiger charge is 2.55. The highest BCUT2D eigenvalue weighted by atomic mass is 15.0. The summed E-state index contributed by atoms with van der Waals surface area (Å²) in [6.45, 7) is 2.54. The molecule has 1 fully saturated rings. The van der Waals surface area contributed by atoms with E-state index in [-0.39, 0.29) is 16.7 Å². The maximum absolute atomic E-state index is 5.21. The van der Waals surface area contributed by atoms with Crippen LogP contribution in [-0.4, -0.2) is 15.0 Å². The van der Waals surface area contributed by atoms with Crippen LogP contribution in [0.15, 0.2) is 151 Å². The van der Waals surface area contributed by atoms with Gasteiger partial charge < -0.3 is 0 Å². The van der Waals surface area contributed by atoms with Crippen molar-refractivity contribution in [2.75, 3.05) is 0 Å². The molecule has 3 atom stereocenters. The van der Waals surface area contributed by atoms with Gasteiger partial charge in [0.25, 0.3) is 0 Å². The zero-order valence-corrected chi connectivity index (χ0v) is 31.8. The van der Waals surface area contributed by atoms with Gasteiger partial charge in [-0.2, -0.15) is 0 Å². The van der Waals surface area contributed by atoms with Gasteiger partial charge in [0.05, 0.1) is 0 Å². The van der Waals surface area contributed by atoms with E-state index in [9.17, 15) is 0 Å². The maximum atomic E-state index is 5.21. The third-order valence-corrected chi connectivity index (χ3v) is 14.3. The van der Waals surface area contributed by atoms with Crippen LogP contribution in [0.5, 0.6) is 0 Å². The van der Waals surface area contributed by atoms with Gasteiger partial charge in [-0.25, -0.2) is 15.0 Å². The largest absolute Gasteiger partial charge is 0.208 e. The molecule has 5 aromatic carbocycles. The van der Waals surface area contributed by atoms with E-state index in [1.807, 2.05) is 12.1 Å². The Balaban J connectivity index is 1.13. The first kappa shape index (κ1) is 32.3. The van der Waals surface area contributed by atoms with Crippen molar-refractivity contribution in [2.24, 2.45) is 5.92 Å². The summed E-state index contributed by atoms with van der Waals surface area (Å²) in [6.07, 6.45) is 19.1. The first-order chi connectivity index (χ1) is 27.6. The lowest BCUT2D eigenvalue weighted by Gasteiger charge is -2.40. The van der Waals surface area contributed by atoms with E-state index in [2.05, 4.69) is 140 Å². The molecule has 0 saturated heterocycles. The molecule has 0 aliphatic heterocycles.